The van der Waals surface area contributed by atoms with Crippen LogP contribution in [0.4, 0.5) is 43.3 Å². The van der Waals surface area contributed by atoms with Crippen LogP contribution in [0, 0.1) is 17.6 Å². The quantitative estimate of drug-likeness (QED) is 0.102. The van der Waals surface area contributed by atoms with Gasteiger partial charge >= 0.3 is 0 Å². The number of benzene rings is 3. The second-order valence-corrected chi connectivity index (χ2v) is 21.0. The van der Waals surface area contributed by atoms with Crippen molar-refractivity contribution in [1.29, 1.82) is 0 Å². The van der Waals surface area contributed by atoms with Crippen LogP contribution in [-0.2, 0) is 37.2 Å². The fourth-order valence-corrected chi connectivity index (χ4v) is 11.6. The molecule has 20 heteroatoms. The van der Waals surface area contributed by atoms with Gasteiger partial charge in [-0.1, -0.05) is 19.9 Å². The van der Waals surface area contributed by atoms with Crippen molar-refractivity contribution in [2.45, 2.75) is 70.8 Å². The third-order valence-electron chi connectivity index (χ3n) is 14.2. The lowest BCUT2D eigenvalue weighted by Gasteiger charge is -2.44. The standard InChI is InChI=1S/C49H57BrF2N10O6S/c1-5-29-7-9-39(45-34(29)14-18-62(45)69(4,66)67)54-46-36(50)27-53-49(57-46)55-40-23-30(6-2)41(26-42(40)68-3)59-16-12-32(13-17-59)58-19-21-60(22-20-58)48(65)31-11-15-61(28-31)33-24-37(51)44(38(52)25-33)35-8-10-43(63)56-47(35)64/h7,9,14,18,23-27,31-32,35H,5-6,8,10-13,15-17,19-22,28H2,1-4H3,(H,56,63,64)(H2,53,54,55,57). The largest absolute Gasteiger partial charge is 0.494 e. The summed E-state index contributed by atoms with van der Waals surface area (Å²) in [6.07, 6.45) is 8.52. The molecule has 0 spiro atoms. The number of nitrogens with zero attached hydrogens (tertiary/aromatic N) is 7. The van der Waals surface area contributed by atoms with Crippen LogP contribution in [0.3, 0.4) is 0 Å². The van der Waals surface area contributed by atoms with Gasteiger partial charge in [0.05, 0.1) is 46.6 Å². The Kier molecular flexibility index (Phi) is 13.9. The lowest BCUT2D eigenvalue weighted by molar-refractivity contribution is -0.137. The first-order valence-corrected chi connectivity index (χ1v) is 26.2. The van der Waals surface area contributed by atoms with E-state index in [1.807, 2.05) is 34.9 Å². The van der Waals surface area contributed by atoms with E-state index in [9.17, 15) is 22.8 Å². The molecule has 3 aromatic carbocycles. The molecular formula is C49H57BrF2N10O6S. The Labute approximate surface area is 408 Å². The molecule has 0 saturated carbocycles. The van der Waals surface area contributed by atoms with Crippen LogP contribution >= 0.6 is 15.9 Å². The number of aromatic nitrogens is 3. The van der Waals surface area contributed by atoms with Gasteiger partial charge in [0.1, 0.15) is 23.2 Å². The predicted octanol–water partition coefficient (Wildman–Crippen LogP) is 7.06. The zero-order valence-corrected chi connectivity index (χ0v) is 41.6. The second kappa shape index (κ2) is 19.9. The Balaban J connectivity index is 0.797. The summed E-state index contributed by atoms with van der Waals surface area (Å²) < 4.78 is 63.9. The molecule has 3 N–H and O–H groups in total. The van der Waals surface area contributed by atoms with E-state index >= 15 is 8.78 Å². The zero-order valence-electron chi connectivity index (χ0n) is 39.2. The molecule has 2 unspecified atom stereocenters. The Morgan fingerprint density at radius 3 is 2.26 bits per heavy atom. The summed E-state index contributed by atoms with van der Waals surface area (Å²) in [6.45, 7) is 9.53. The maximum absolute atomic E-state index is 15.3. The minimum absolute atomic E-state index is 0.0228. The summed E-state index contributed by atoms with van der Waals surface area (Å²) in [5.74, 6) is -2.65. The van der Waals surface area contributed by atoms with Crippen LogP contribution in [0.1, 0.15) is 68.6 Å². The van der Waals surface area contributed by atoms with Crippen LogP contribution in [0.2, 0.25) is 0 Å². The second-order valence-electron chi connectivity index (χ2n) is 18.3. The number of anilines is 6. The predicted molar refractivity (Wildman–Crippen MR) is 265 cm³/mol. The first-order chi connectivity index (χ1) is 33.1. The molecule has 6 heterocycles. The van der Waals surface area contributed by atoms with Crippen molar-refractivity contribution in [3.05, 3.63) is 87.7 Å². The number of methoxy groups -OCH3 is 1. The van der Waals surface area contributed by atoms with Gasteiger partial charge in [-0.05, 0) is 95.9 Å². The van der Waals surface area contributed by atoms with Gasteiger partial charge < -0.3 is 30.1 Å². The number of rotatable bonds is 13. The van der Waals surface area contributed by atoms with E-state index in [1.165, 1.54) is 22.4 Å². The van der Waals surface area contributed by atoms with Gasteiger partial charge in [0.15, 0.2) is 0 Å². The molecule has 2 aromatic heterocycles. The summed E-state index contributed by atoms with van der Waals surface area (Å²) in [6, 6.07) is 12.7. The highest BCUT2D eigenvalue weighted by Gasteiger charge is 2.37. The van der Waals surface area contributed by atoms with E-state index in [1.54, 1.807) is 19.5 Å². The van der Waals surface area contributed by atoms with Gasteiger partial charge in [-0.3, -0.25) is 24.6 Å². The Bertz CT molecular complexity index is 2900. The Morgan fingerprint density at radius 1 is 0.884 bits per heavy atom. The fourth-order valence-electron chi connectivity index (χ4n) is 10.5. The summed E-state index contributed by atoms with van der Waals surface area (Å²) in [7, 11) is -1.94. The Hall–Kier alpha value is -5.86. The number of aryl methyl sites for hydroxylation is 2. The molecule has 4 aliphatic heterocycles. The van der Waals surface area contributed by atoms with E-state index in [0.717, 1.165) is 74.1 Å². The number of piperazine rings is 1. The van der Waals surface area contributed by atoms with Gasteiger partial charge in [-0.15, -0.1) is 0 Å². The molecule has 4 saturated heterocycles. The van der Waals surface area contributed by atoms with Gasteiger partial charge in [0.25, 0.3) is 0 Å². The van der Waals surface area contributed by atoms with E-state index in [4.69, 9.17) is 9.72 Å². The monoisotopic (exact) mass is 1030 g/mol. The molecule has 3 amide bonds. The van der Waals surface area contributed by atoms with Crippen molar-refractivity contribution in [2.24, 2.45) is 5.92 Å². The highest BCUT2D eigenvalue weighted by Crippen LogP contribution is 2.39. The normalized spacial score (nSPS) is 19.6. The van der Waals surface area contributed by atoms with Crippen LogP contribution in [0.25, 0.3) is 10.9 Å². The zero-order chi connectivity index (χ0) is 48.7. The molecule has 4 aliphatic rings. The van der Waals surface area contributed by atoms with Crippen molar-refractivity contribution in [1.82, 2.24) is 29.1 Å². The minimum atomic E-state index is -3.58. The number of hydrogen-bond acceptors (Lipinski definition) is 13. The van der Waals surface area contributed by atoms with Crippen LogP contribution in [0.5, 0.6) is 5.75 Å². The van der Waals surface area contributed by atoms with Crippen molar-refractivity contribution in [2.75, 3.05) is 86.2 Å². The summed E-state index contributed by atoms with van der Waals surface area (Å²) in [5.41, 5.74) is 5.15. The van der Waals surface area contributed by atoms with Gasteiger partial charge in [0.2, 0.25) is 33.7 Å². The van der Waals surface area contributed by atoms with E-state index in [0.29, 0.717) is 83.2 Å². The third-order valence-corrected chi connectivity index (χ3v) is 15.8. The average Bonchev–Trinajstić information content (AvgIpc) is 4.03. The number of imide groups is 1. The SMILES string of the molecule is CCc1cc(Nc2ncc(Br)c(Nc3ccc(CC)c4ccn(S(C)(=O)=O)c34)n2)c(OC)cc1N1CCC(N2CCN(C(=O)C3CCN(c4cc(F)c(C5CCC(=O)NC5=O)c(F)c4)C3)CC2)CC1. The maximum Gasteiger partial charge on any atom is 0.236 e. The molecule has 5 aromatic rings. The maximum atomic E-state index is 15.3. The molecule has 9 rings (SSSR count). The van der Waals surface area contributed by atoms with E-state index in [2.05, 4.69) is 65.7 Å². The number of piperidine rings is 2. The fraction of sp³-hybridized carbons (Fsp3) is 0.449. The minimum Gasteiger partial charge on any atom is -0.494 e. The summed E-state index contributed by atoms with van der Waals surface area (Å²) >= 11 is 3.57. The third kappa shape index (κ3) is 9.84. The molecule has 0 bridgehead atoms. The topological polar surface area (TPSA) is 174 Å². The first-order valence-electron chi connectivity index (χ1n) is 23.6. The average molecular weight is 1030 g/mol. The number of halogens is 3. The molecule has 2 atom stereocenters. The molecule has 16 nitrogen and oxygen atoms in total. The first kappa shape index (κ1) is 48.2. The molecular weight excluding hydrogens is 975 g/mol. The van der Waals surface area contributed by atoms with Crippen molar-refractivity contribution >= 4 is 89.1 Å². The molecule has 366 valence electrons. The number of carbonyl (C=O) groups is 3. The molecule has 0 radical (unpaired) electrons. The molecule has 4 fully saturated rings. The molecule has 0 aliphatic carbocycles. The van der Waals surface area contributed by atoms with Gasteiger partial charge in [-0.2, -0.15) is 4.98 Å². The number of nitrogens with one attached hydrogen (secondary N) is 3. The number of fused-ring (bicyclic) bond motifs is 1. The van der Waals surface area contributed by atoms with E-state index < -0.39 is 39.4 Å². The number of amides is 3. The summed E-state index contributed by atoms with van der Waals surface area (Å²) in [4.78, 5) is 55.7. The van der Waals surface area contributed by atoms with Crippen molar-refractivity contribution in [3.8, 4) is 5.75 Å². The van der Waals surface area contributed by atoms with Crippen LogP contribution < -0.4 is 30.5 Å². The summed E-state index contributed by atoms with van der Waals surface area (Å²) in [5, 5.41) is 9.72. The lowest BCUT2D eigenvalue weighted by atomic mass is 9.89. The smallest absolute Gasteiger partial charge is 0.236 e. The highest BCUT2D eigenvalue weighted by atomic mass is 79.9. The van der Waals surface area contributed by atoms with Crippen LogP contribution in [-0.4, -0.2) is 122 Å². The van der Waals surface area contributed by atoms with Gasteiger partial charge in [0, 0.05) is 106 Å². The molecule has 69 heavy (non-hydrogen) atoms. The van der Waals surface area contributed by atoms with Crippen LogP contribution in [0.15, 0.2) is 59.3 Å². The Morgan fingerprint density at radius 2 is 1.59 bits per heavy atom. The van der Waals surface area contributed by atoms with E-state index in [-0.39, 0.29) is 30.2 Å². The number of hydrogen-bond donors (Lipinski definition) is 3. The number of carbonyl (C=O) groups excluding carboxylic acids is 3. The highest BCUT2D eigenvalue weighted by molar-refractivity contribution is 9.10. The number of ether oxygens (including phenoxy) is 1. The lowest BCUT2D eigenvalue weighted by Crippen LogP contribution is -2.55. The van der Waals surface area contributed by atoms with Gasteiger partial charge in [-0.25, -0.2) is 26.2 Å². The van der Waals surface area contributed by atoms with Crippen molar-refractivity contribution < 1.29 is 36.3 Å². The van der Waals surface area contributed by atoms with Crippen molar-refractivity contribution in [3.63, 3.8) is 0 Å².